The standard InChI is InChI=1S/2C20H32O2.Zn/c2*1-2-3-4-5-6-7-8-9-10-11-12-13-14-15-16-17-18-19-20(21)22;/h2*6-7,9-10,12-13,15-16H,2-5,8,11,14,17-19H2,1H3,(H,21,22);/q;;+2/p-2/b2*7-6-,10-9-,13-12-,16-15-;. The van der Waals surface area contributed by atoms with E-state index in [1.807, 2.05) is 12.2 Å². The molecule has 0 radical (unpaired) electrons. The number of carboxylic acid groups (broad SMARTS) is 2. The van der Waals surface area contributed by atoms with Crippen LogP contribution in [0.3, 0.4) is 0 Å². The van der Waals surface area contributed by atoms with Crippen LogP contribution in [0, 0.1) is 0 Å². The van der Waals surface area contributed by atoms with Crippen LogP contribution in [0.25, 0.3) is 0 Å². The van der Waals surface area contributed by atoms with Crippen molar-refractivity contribution in [3.63, 3.8) is 0 Å². The van der Waals surface area contributed by atoms with Gasteiger partial charge in [-0.05, 0) is 103 Å². The molecule has 0 atom stereocenters. The van der Waals surface area contributed by atoms with Crippen molar-refractivity contribution < 1.29 is 39.3 Å². The van der Waals surface area contributed by atoms with E-state index in [0.29, 0.717) is 12.8 Å². The molecule has 5 heteroatoms. The first-order valence-corrected chi connectivity index (χ1v) is 17.1. The zero-order valence-corrected chi connectivity index (χ0v) is 31.7. The van der Waals surface area contributed by atoms with E-state index in [1.54, 1.807) is 0 Å². The van der Waals surface area contributed by atoms with E-state index in [9.17, 15) is 19.8 Å². The van der Waals surface area contributed by atoms with Gasteiger partial charge in [0.15, 0.2) is 0 Å². The molecule has 0 aromatic rings. The zero-order valence-electron chi connectivity index (χ0n) is 28.7. The quantitative estimate of drug-likeness (QED) is 0.0471. The zero-order chi connectivity index (χ0) is 32.6. The maximum Gasteiger partial charge on any atom is 2.00 e. The maximum atomic E-state index is 10.2. The number of carbonyl (C=O) groups is 2. The van der Waals surface area contributed by atoms with Crippen LogP contribution in [-0.4, -0.2) is 11.9 Å². The third-order valence-corrected chi connectivity index (χ3v) is 6.42. The Labute approximate surface area is 289 Å². The third-order valence-electron chi connectivity index (χ3n) is 6.42. The number of unbranched alkanes of at least 4 members (excludes halogenated alkanes) is 8. The number of allylic oxidation sites excluding steroid dienone is 16. The van der Waals surface area contributed by atoms with E-state index in [0.717, 1.165) is 51.4 Å². The minimum Gasteiger partial charge on any atom is -0.550 e. The Bertz CT molecular complexity index is 803. The monoisotopic (exact) mass is 670 g/mol. The summed E-state index contributed by atoms with van der Waals surface area (Å²) in [5.41, 5.74) is 0. The summed E-state index contributed by atoms with van der Waals surface area (Å²) in [4.78, 5) is 20.4. The van der Waals surface area contributed by atoms with Crippen LogP contribution in [0.2, 0.25) is 0 Å². The summed E-state index contributed by atoms with van der Waals surface area (Å²) in [6.07, 6.45) is 54.0. The summed E-state index contributed by atoms with van der Waals surface area (Å²) in [5.74, 6) is -1.92. The largest absolute Gasteiger partial charge is 2.00 e. The Hall–Kier alpha value is -2.52. The molecule has 0 spiro atoms. The van der Waals surface area contributed by atoms with Crippen molar-refractivity contribution in [1.29, 1.82) is 0 Å². The Balaban J connectivity index is -0.000000767. The number of carbonyl (C=O) groups excluding carboxylic acids is 2. The molecule has 45 heavy (non-hydrogen) atoms. The molecule has 248 valence electrons. The second-order valence-corrected chi connectivity index (χ2v) is 10.7. The van der Waals surface area contributed by atoms with Gasteiger partial charge in [-0.15, -0.1) is 0 Å². The van der Waals surface area contributed by atoms with Crippen molar-refractivity contribution in [2.24, 2.45) is 0 Å². The molecule has 0 aliphatic heterocycles. The van der Waals surface area contributed by atoms with Crippen LogP contribution < -0.4 is 10.2 Å². The van der Waals surface area contributed by atoms with Gasteiger partial charge in [-0.3, -0.25) is 0 Å². The van der Waals surface area contributed by atoms with Crippen LogP contribution in [0.15, 0.2) is 97.2 Å². The van der Waals surface area contributed by atoms with Crippen LogP contribution >= 0.6 is 0 Å². The average Bonchev–Trinajstić information content (AvgIpc) is 3.00. The van der Waals surface area contributed by atoms with Gasteiger partial charge in [0.25, 0.3) is 0 Å². The van der Waals surface area contributed by atoms with Gasteiger partial charge in [0.2, 0.25) is 0 Å². The van der Waals surface area contributed by atoms with Crippen LogP contribution in [-0.2, 0) is 29.1 Å². The predicted molar refractivity (Wildman–Crippen MR) is 187 cm³/mol. The van der Waals surface area contributed by atoms with Gasteiger partial charge in [-0.25, -0.2) is 0 Å². The molecule has 0 unspecified atom stereocenters. The Morgan fingerprint density at radius 3 is 0.822 bits per heavy atom. The normalized spacial score (nSPS) is 12.1. The van der Waals surface area contributed by atoms with E-state index in [4.69, 9.17) is 0 Å². The number of hydrogen-bond donors (Lipinski definition) is 0. The Kier molecular flexibility index (Phi) is 45.4. The molecule has 0 amide bonds. The second kappa shape index (κ2) is 43.6. The van der Waals surface area contributed by atoms with Gasteiger partial charge in [-0.2, -0.15) is 0 Å². The van der Waals surface area contributed by atoms with Crippen LogP contribution in [0.5, 0.6) is 0 Å². The molecular weight excluding hydrogens is 610 g/mol. The summed E-state index contributed by atoms with van der Waals surface area (Å²) < 4.78 is 0. The first-order chi connectivity index (χ1) is 21.5. The fourth-order valence-electron chi connectivity index (χ4n) is 3.85. The molecule has 0 aromatic heterocycles. The average molecular weight is 672 g/mol. The molecular formula is C40H62O4Zn. The van der Waals surface area contributed by atoms with Crippen molar-refractivity contribution in [2.45, 2.75) is 142 Å². The van der Waals surface area contributed by atoms with E-state index in [-0.39, 0.29) is 32.3 Å². The molecule has 4 nitrogen and oxygen atoms in total. The summed E-state index contributed by atoms with van der Waals surface area (Å²) in [6, 6.07) is 0. The summed E-state index contributed by atoms with van der Waals surface area (Å²) in [5, 5.41) is 20.4. The van der Waals surface area contributed by atoms with Gasteiger partial charge < -0.3 is 19.8 Å². The Morgan fingerprint density at radius 1 is 0.378 bits per heavy atom. The minimum atomic E-state index is -0.962. The fraction of sp³-hybridized carbons (Fsp3) is 0.550. The first-order valence-electron chi connectivity index (χ1n) is 17.1. The topological polar surface area (TPSA) is 80.3 Å². The Morgan fingerprint density at radius 2 is 0.600 bits per heavy atom. The van der Waals surface area contributed by atoms with E-state index < -0.39 is 11.9 Å². The molecule has 0 saturated heterocycles. The molecule has 0 N–H and O–H groups in total. The number of carboxylic acids is 2. The third kappa shape index (κ3) is 51.4. The summed E-state index contributed by atoms with van der Waals surface area (Å²) in [7, 11) is 0. The molecule has 0 aromatic carbocycles. The molecule has 0 saturated carbocycles. The van der Waals surface area contributed by atoms with E-state index >= 15 is 0 Å². The van der Waals surface area contributed by atoms with Crippen LogP contribution in [0.1, 0.15) is 142 Å². The second-order valence-electron chi connectivity index (χ2n) is 10.7. The number of rotatable bonds is 28. The van der Waals surface area contributed by atoms with Crippen molar-refractivity contribution in [2.75, 3.05) is 0 Å². The van der Waals surface area contributed by atoms with Crippen molar-refractivity contribution in [1.82, 2.24) is 0 Å². The first kappa shape index (κ1) is 46.9. The molecule has 0 rings (SSSR count). The predicted octanol–water partition coefficient (Wildman–Crippen LogP) is 9.76. The van der Waals surface area contributed by atoms with Gasteiger partial charge >= 0.3 is 19.5 Å². The molecule has 0 aliphatic carbocycles. The minimum absolute atomic E-state index is 0. The van der Waals surface area contributed by atoms with E-state index in [2.05, 4.69) is 98.9 Å². The van der Waals surface area contributed by atoms with Gasteiger partial charge in [-0.1, -0.05) is 137 Å². The van der Waals surface area contributed by atoms with Gasteiger partial charge in [0.1, 0.15) is 0 Å². The SMILES string of the molecule is CCCCC/C=C\C/C=C\C/C=C\C/C=C\CCCC(=O)[O-].CCCCC/C=C\C/C=C\C/C=C\C/C=C\CCCC(=O)[O-].[Zn+2]. The molecule has 0 fully saturated rings. The fourth-order valence-corrected chi connectivity index (χ4v) is 3.85. The maximum absolute atomic E-state index is 10.2. The van der Waals surface area contributed by atoms with Crippen LogP contribution in [0.4, 0.5) is 0 Å². The van der Waals surface area contributed by atoms with Gasteiger partial charge in [0.05, 0.1) is 0 Å². The van der Waals surface area contributed by atoms with Gasteiger partial charge in [0, 0.05) is 11.9 Å². The molecule has 0 aliphatic rings. The summed E-state index contributed by atoms with van der Waals surface area (Å²) >= 11 is 0. The van der Waals surface area contributed by atoms with Crippen molar-refractivity contribution in [3.8, 4) is 0 Å². The van der Waals surface area contributed by atoms with E-state index in [1.165, 1.54) is 51.4 Å². The molecule has 0 bridgehead atoms. The van der Waals surface area contributed by atoms with Crippen molar-refractivity contribution in [3.05, 3.63) is 97.2 Å². The van der Waals surface area contributed by atoms with Crippen molar-refractivity contribution >= 4 is 11.9 Å². The number of hydrogen-bond acceptors (Lipinski definition) is 4. The smallest absolute Gasteiger partial charge is 0.550 e. The summed E-state index contributed by atoms with van der Waals surface area (Å²) in [6.45, 7) is 4.46. The number of aliphatic carboxylic acids is 2. The molecule has 0 heterocycles.